The molecule has 15 heavy (non-hydrogen) atoms. The summed E-state index contributed by atoms with van der Waals surface area (Å²) in [6.45, 7) is 0. The second-order valence-corrected chi connectivity index (χ2v) is 3.59. The van der Waals surface area contributed by atoms with E-state index >= 15 is 0 Å². The van der Waals surface area contributed by atoms with Crippen molar-refractivity contribution in [3.63, 3.8) is 0 Å². The summed E-state index contributed by atoms with van der Waals surface area (Å²) >= 11 is 1.08. The van der Waals surface area contributed by atoms with Crippen LogP contribution in [0.2, 0.25) is 0 Å². The van der Waals surface area contributed by atoms with Crippen LogP contribution in [0.4, 0.5) is 9.52 Å². The van der Waals surface area contributed by atoms with Crippen LogP contribution in [0.3, 0.4) is 0 Å². The van der Waals surface area contributed by atoms with Crippen molar-refractivity contribution in [3.8, 4) is 17.1 Å². The highest BCUT2D eigenvalue weighted by molar-refractivity contribution is 7.09. The van der Waals surface area contributed by atoms with Crippen LogP contribution in [0.25, 0.3) is 11.4 Å². The van der Waals surface area contributed by atoms with Gasteiger partial charge in [0, 0.05) is 17.1 Å². The molecule has 2 rings (SSSR count). The van der Waals surface area contributed by atoms with Crippen LogP contribution in [0.5, 0.6) is 5.75 Å². The minimum Gasteiger partial charge on any atom is -0.494 e. The first-order chi connectivity index (χ1) is 7.20. The molecule has 0 saturated carbocycles. The molecule has 1 heterocycles. The molecule has 0 aliphatic rings. The van der Waals surface area contributed by atoms with Gasteiger partial charge in [0.05, 0.1) is 7.11 Å². The fourth-order valence-corrected chi connectivity index (χ4v) is 1.61. The summed E-state index contributed by atoms with van der Waals surface area (Å²) in [4.78, 5) is 3.96. The molecular formula is C9H8FN3OS. The zero-order valence-electron chi connectivity index (χ0n) is 7.90. The summed E-state index contributed by atoms with van der Waals surface area (Å²) in [5.74, 6) is 0.185. The number of aromatic nitrogens is 2. The Morgan fingerprint density at radius 1 is 1.47 bits per heavy atom. The smallest absolute Gasteiger partial charge is 0.200 e. The van der Waals surface area contributed by atoms with Crippen LogP contribution in [-0.4, -0.2) is 16.5 Å². The molecule has 0 saturated heterocycles. The van der Waals surface area contributed by atoms with Crippen molar-refractivity contribution in [2.75, 3.05) is 12.8 Å². The normalized spacial score (nSPS) is 10.3. The van der Waals surface area contributed by atoms with E-state index in [4.69, 9.17) is 10.5 Å². The number of ether oxygens (including phenoxy) is 1. The molecule has 2 aromatic rings. The van der Waals surface area contributed by atoms with E-state index in [-0.39, 0.29) is 5.75 Å². The molecular weight excluding hydrogens is 217 g/mol. The van der Waals surface area contributed by atoms with Gasteiger partial charge in [-0.05, 0) is 18.2 Å². The van der Waals surface area contributed by atoms with Crippen molar-refractivity contribution in [2.45, 2.75) is 0 Å². The zero-order valence-corrected chi connectivity index (χ0v) is 8.71. The second-order valence-electron chi connectivity index (χ2n) is 2.81. The van der Waals surface area contributed by atoms with Gasteiger partial charge >= 0.3 is 0 Å². The van der Waals surface area contributed by atoms with Gasteiger partial charge in [0.2, 0.25) is 0 Å². The van der Waals surface area contributed by atoms with E-state index in [9.17, 15) is 4.39 Å². The number of hydrogen-bond donors (Lipinski definition) is 1. The minimum atomic E-state index is -0.441. The Kier molecular flexibility index (Phi) is 2.51. The molecule has 4 nitrogen and oxygen atoms in total. The van der Waals surface area contributed by atoms with Gasteiger partial charge in [0.15, 0.2) is 22.5 Å². The molecule has 0 aliphatic carbocycles. The molecule has 0 aliphatic heterocycles. The first-order valence-corrected chi connectivity index (χ1v) is 4.91. The number of nitrogens with zero attached hydrogens (tertiary/aromatic N) is 2. The van der Waals surface area contributed by atoms with Crippen LogP contribution in [0.15, 0.2) is 18.2 Å². The van der Waals surface area contributed by atoms with Gasteiger partial charge in [-0.3, -0.25) is 0 Å². The lowest BCUT2D eigenvalue weighted by molar-refractivity contribution is 0.386. The number of hydrogen-bond acceptors (Lipinski definition) is 5. The molecule has 1 aromatic heterocycles. The number of methoxy groups -OCH3 is 1. The number of halogens is 1. The van der Waals surface area contributed by atoms with E-state index in [0.717, 1.165) is 11.5 Å². The van der Waals surface area contributed by atoms with Gasteiger partial charge in [-0.15, -0.1) is 0 Å². The fraction of sp³-hybridized carbons (Fsp3) is 0.111. The minimum absolute atomic E-state index is 0.196. The average Bonchev–Trinajstić information content (AvgIpc) is 2.65. The highest BCUT2D eigenvalue weighted by atomic mass is 32.1. The molecule has 6 heteroatoms. The fourth-order valence-electron chi connectivity index (χ4n) is 1.16. The van der Waals surface area contributed by atoms with Crippen LogP contribution < -0.4 is 10.5 Å². The second kappa shape index (κ2) is 3.82. The average molecular weight is 225 g/mol. The molecule has 0 amide bonds. The first kappa shape index (κ1) is 9.85. The molecule has 0 radical (unpaired) electrons. The Balaban J connectivity index is 2.42. The Hall–Kier alpha value is -1.69. The Bertz CT molecular complexity index is 486. The summed E-state index contributed by atoms with van der Waals surface area (Å²) in [6, 6.07) is 4.53. The lowest BCUT2D eigenvalue weighted by Gasteiger charge is -2.02. The van der Waals surface area contributed by atoms with Gasteiger partial charge in [-0.1, -0.05) is 0 Å². The topological polar surface area (TPSA) is 61.0 Å². The van der Waals surface area contributed by atoms with Crippen LogP contribution >= 0.6 is 11.5 Å². The maximum Gasteiger partial charge on any atom is 0.200 e. The summed E-state index contributed by atoms with van der Waals surface area (Å²) in [5.41, 5.74) is 6.02. The van der Waals surface area contributed by atoms with Crippen molar-refractivity contribution in [3.05, 3.63) is 24.0 Å². The van der Waals surface area contributed by atoms with Gasteiger partial charge in [-0.2, -0.15) is 9.36 Å². The predicted octanol–water partition coefficient (Wildman–Crippen LogP) is 1.93. The number of rotatable bonds is 2. The number of anilines is 1. The van der Waals surface area contributed by atoms with Crippen molar-refractivity contribution >= 4 is 16.7 Å². The molecule has 0 unspecified atom stereocenters. The third-order valence-electron chi connectivity index (χ3n) is 1.85. The predicted molar refractivity (Wildman–Crippen MR) is 56.3 cm³/mol. The standard InChI is InChI=1S/C9H8FN3OS/c1-14-7-3-2-5(4-6(7)10)8-12-9(11)15-13-8/h2-4H,1H3,(H2,11,12,13). The summed E-state index contributed by atoms with van der Waals surface area (Å²) < 4.78 is 22.1. The van der Waals surface area contributed by atoms with E-state index < -0.39 is 5.82 Å². The SMILES string of the molecule is COc1ccc(-c2nsc(N)n2)cc1F. The van der Waals surface area contributed by atoms with Crippen LogP contribution in [0, 0.1) is 5.82 Å². The Morgan fingerprint density at radius 2 is 2.27 bits per heavy atom. The quantitative estimate of drug-likeness (QED) is 0.848. The highest BCUT2D eigenvalue weighted by Crippen LogP contribution is 2.24. The molecule has 2 N–H and O–H groups in total. The number of benzene rings is 1. The van der Waals surface area contributed by atoms with E-state index in [2.05, 4.69) is 9.36 Å². The molecule has 0 spiro atoms. The highest BCUT2D eigenvalue weighted by Gasteiger charge is 2.08. The van der Waals surface area contributed by atoms with Crippen molar-refractivity contribution < 1.29 is 9.13 Å². The third-order valence-corrected chi connectivity index (χ3v) is 2.39. The van der Waals surface area contributed by atoms with E-state index in [0.29, 0.717) is 16.5 Å². The van der Waals surface area contributed by atoms with Gasteiger partial charge in [0.25, 0.3) is 0 Å². The van der Waals surface area contributed by atoms with E-state index in [1.807, 2.05) is 0 Å². The van der Waals surface area contributed by atoms with Crippen molar-refractivity contribution in [1.29, 1.82) is 0 Å². The van der Waals surface area contributed by atoms with Crippen LogP contribution in [0.1, 0.15) is 0 Å². The summed E-state index contributed by atoms with van der Waals surface area (Å²) in [6.07, 6.45) is 0. The molecule has 78 valence electrons. The zero-order chi connectivity index (χ0) is 10.8. The Morgan fingerprint density at radius 3 is 2.80 bits per heavy atom. The van der Waals surface area contributed by atoms with Crippen LogP contribution in [-0.2, 0) is 0 Å². The van der Waals surface area contributed by atoms with Gasteiger partial charge in [-0.25, -0.2) is 4.39 Å². The van der Waals surface area contributed by atoms with Gasteiger partial charge < -0.3 is 10.5 Å². The largest absolute Gasteiger partial charge is 0.494 e. The lowest BCUT2D eigenvalue weighted by atomic mass is 10.2. The molecule has 0 atom stereocenters. The van der Waals surface area contributed by atoms with Gasteiger partial charge in [0.1, 0.15) is 0 Å². The number of nitrogen functional groups attached to an aromatic ring is 1. The maximum absolute atomic E-state index is 13.3. The maximum atomic E-state index is 13.3. The molecule has 0 bridgehead atoms. The Labute approximate surface area is 89.7 Å². The molecule has 0 fully saturated rings. The molecule has 1 aromatic carbocycles. The van der Waals surface area contributed by atoms with E-state index in [1.165, 1.54) is 19.2 Å². The van der Waals surface area contributed by atoms with E-state index in [1.54, 1.807) is 6.07 Å². The summed E-state index contributed by atoms with van der Waals surface area (Å²) in [7, 11) is 1.41. The van der Waals surface area contributed by atoms with Crippen molar-refractivity contribution in [1.82, 2.24) is 9.36 Å². The third kappa shape index (κ3) is 1.89. The lowest BCUT2D eigenvalue weighted by Crippen LogP contribution is -1.89. The summed E-state index contributed by atoms with van der Waals surface area (Å²) in [5, 5.41) is 0.362. The first-order valence-electron chi connectivity index (χ1n) is 4.14. The number of nitrogens with two attached hydrogens (primary N) is 1. The van der Waals surface area contributed by atoms with Crippen molar-refractivity contribution in [2.24, 2.45) is 0 Å². The monoisotopic (exact) mass is 225 g/mol.